The van der Waals surface area contributed by atoms with Gasteiger partial charge in [0.1, 0.15) is 17.6 Å². The number of methoxy groups -OCH3 is 1. The standard InChI is InChI=1S/C9H6ClNO2S/c1-13-9-6(4-12)8(11-5-14)3-2-7(9)10/h2-3,8H,1H3. The molecule has 5 heteroatoms. The Morgan fingerprint density at radius 1 is 1.71 bits per heavy atom. The largest absolute Gasteiger partial charge is 0.494 e. The predicted octanol–water partition coefficient (Wildman–Crippen LogP) is 1.88. The van der Waals surface area contributed by atoms with E-state index in [2.05, 4.69) is 22.4 Å². The van der Waals surface area contributed by atoms with Crippen molar-refractivity contribution in [3.8, 4) is 0 Å². The molecular weight excluding hydrogens is 222 g/mol. The summed E-state index contributed by atoms with van der Waals surface area (Å²) >= 11 is 10.3. The number of hydrogen-bond donors (Lipinski definition) is 0. The smallest absolute Gasteiger partial charge is 0.154 e. The van der Waals surface area contributed by atoms with Crippen LogP contribution in [-0.4, -0.2) is 24.3 Å². The third-order valence-corrected chi connectivity index (χ3v) is 2.09. The Labute approximate surface area is 91.4 Å². The van der Waals surface area contributed by atoms with Gasteiger partial charge < -0.3 is 4.74 Å². The lowest BCUT2D eigenvalue weighted by atomic mass is 10.0. The summed E-state index contributed by atoms with van der Waals surface area (Å²) in [4.78, 5) is 14.4. The molecule has 72 valence electrons. The van der Waals surface area contributed by atoms with Crippen molar-refractivity contribution >= 4 is 34.9 Å². The molecule has 0 bridgehead atoms. The molecule has 0 radical (unpaired) electrons. The van der Waals surface area contributed by atoms with Crippen LogP contribution in [0.5, 0.6) is 0 Å². The first-order chi connectivity index (χ1) is 6.74. The van der Waals surface area contributed by atoms with Crippen LogP contribution >= 0.6 is 23.8 Å². The Hall–Kier alpha value is -1.18. The first-order valence-corrected chi connectivity index (χ1v) is 4.47. The zero-order valence-corrected chi connectivity index (χ0v) is 8.85. The number of nitrogens with zero attached hydrogens (tertiary/aromatic N) is 1. The summed E-state index contributed by atoms with van der Waals surface area (Å²) in [6, 6.07) is -0.498. The Bertz CT molecular complexity index is 401. The molecule has 0 aromatic carbocycles. The summed E-state index contributed by atoms with van der Waals surface area (Å²) < 4.78 is 4.96. The normalized spacial score (nSPS) is 20.1. The van der Waals surface area contributed by atoms with Gasteiger partial charge in [0, 0.05) is 0 Å². The maximum Gasteiger partial charge on any atom is 0.154 e. The van der Waals surface area contributed by atoms with E-state index in [1.807, 2.05) is 0 Å². The molecule has 1 unspecified atom stereocenters. The van der Waals surface area contributed by atoms with Crippen molar-refractivity contribution in [2.24, 2.45) is 4.99 Å². The van der Waals surface area contributed by atoms with Crippen molar-refractivity contribution in [1.29, 1.82) is 0 Å². The molecule has 1 aliphatic rings. The molecule has 0 saturated heterocycles. The number of halogens is 1. The molecule has 0 aromatic heterocycles. The second kappa shape index (κ2) is 4.89. The highest BCUT2D eigenvalue weighted by Crippen LogP contribution is 2.27. The summed E-state index contributed by atoms with van der Waals surface area (Å²) in [7, 11) is 1.42. The molecule has 3 nitrogen and oxygen atoms in total. The minimum atomic E-state index is -0.498. The van der Waals surface area contributed by atoms with Gasteiger partial charge in [-0.15, -0.1) is 0 Å². The van der Waals surface area contributed by atoms with E-state index < -0.39 is 6.04 Å². The fourth-order valence-corrected chi connectivity index (χ4v) is 1.45. The van der Waals surface area contributed by atoms with Crippen molar-refractivity contribution in [2.75, 3.05) is 7.11 Å². The summed E-state index contributed by atoms with van der Waals surface area (Å²) in [5, 5.41) is 2.55. The Kier molecular flexibility index (Phi) is 3.81. The molecule has 0 spiro atoms. The zero-order valence-electron chi connectivity index (χ0n) is 7.28. The van der Waals surface area contributed by atoms with Crippen LogP contribution in [0.15, 0.2) is 33.5 Å². The summed E-state index contributed by atoms with van der Waals surface area (Å²) in [6.45, 7) is 0. The van der Waals surface area contributed by atoms with Crippen molar-refractivity contribution in [1.82, 2.24) is 0 Å². The lowest BCUT2D eigenvalue weighted by Crippen LogP contribution is -2.13. The minimum absolute atomic E-state index is 0.234. The number of thiocarbonyl (C=S) groups is 1. The number of isothiocyanates is 1. The van der Waals surface area contributed by atoms with Crippen LogP contribution in [0, 0.1) is 0 Å². The van der Waals surface area contributed by atoms with E-state index in [1.165, 1.54) is 7.11 Å². The minimum Gasteiger partial charge on any atom is -0.494 e. The van der Waals surface area contributed by atoms with E-state index in [9.17, 15) is 4.79 Å². The summed E-state index contributed by atoms with van der Waals surface area (Å²) in [5.41, 5.74) is 0.234. The number of rotatable bonds is 2. The molecule has 0 amide bonds. The molecule has 0 aromatic rings. The molecule has 1 aliphatic carbocycles. The van der Waals surface area contributed by atoms with Gasteiger partial charge in [-0.3, -0.25) is 0 Å². The van der Waals surface area contributed by atoms with Crippen molar-refractivity contribution in [3.63, 3.8) is 0 Å². The van der Waals surface area contributed by atoms with E-state index in [0.29, 0.717) is 5.03 Å². The number of ether oxygens (including phenoxy) is 1. The van der Waals surface area contributed by atoms with E-state index in [-0.39, 0.29) is 11.3 Å². The maximum atomic E-state index is 10.7. The van der Waals surface area contributed by atoms with Gasteiger partial charge in [0.25, 0.3) is 0 Å². The highest BCUT2D eigenvalue weighted by atomic mass is 35.5. The Morgan fingerprint density at radius 2 is 2.43 bits per heavy atom. The van der Waals surface area contributed by atoms with Gasteiger partial charge in [0.15, 0.2) is 5.76 Å². The average molecular weight is 228 g/mol. The highest BCUT2D eigenvalue weighted by molar-refractivity contribution is 7.78. The molecule has 0 heterocycles. The van der Waals surface area contributed by atoms with Crippen LogP contribution in [0.2, 0.25) is 0 Å². The van der Waals surface area contributed by atoms with Crippen LogP contribution in [0.1, 0.15) is 0 Å². The molecule has 0 aliphatic heterocycles. The van der Waals surface area contributed by atoms with Crippen molar-refractivity contribution < 1.29 is 9.53 Å². The monoisotopic (exact) mass is 227 g/mol. The van der Waals surface area contributed by atoms with Gasteiger partial charge in [-0.05, 0) is 18.3 Å². The number of hydrogen-bond acceptors (Lipinski definition) is 4. The fraction of sp³-hybridized carbons (Fsp3) is 0.222. The SMILES string of the molecule is COC1=C(Cl)C=CC(N=C=S)C1=C=O. The molecule has 1 rings (SSSR count). The van der Waals surface area contributed by atoms with Gasteiger partial charge in [0.05, 0.1) is 17.3 Å². The lowest BCUT2D eigenvalue weighted by molar-refractivity contribution is 0.296. The predicted molar refractivity (Wildman–Crippen MR) is 57.0 cm³/mol. The van der Waals surface area contributed by atoms with Gasteiger partial charge in [-0.25, -0.2) is 9.79 Å². The molecule has 14 heavy (non-hydrogen) atoms. The van der Waals surface area contributed by atoms with Crippen LogP contribution < -0.4 is 0 Å². The van der Waals surface area contributed by atoms with Crippen LogP contribution in [0.25, 0.3) is 0 Å². The summed E-state index contributed by atoms with van der Waals surface area (Å²) in [6.07, 6.45) is 3.23. The van der Waals surface area contributed by atoms with Gasteiger partial charge in [-0.2, -0.15) is 0 Å². The molecule has 0 saturated carbocycles. The maximum absolute atomic E-state index is 10.7. The van der Waals surface area contributed by atoms with Crippen LogP contribution in [-0.2, 0) is 9.53 Å². The second-order valence-corrected chi connectivity index (χ2v) is 3.01. The zero-order chi connectivity index (χ0) is 10.6. The molecule has 0 fully saturated rings. The third kappa shape index (κ3) is 2.00. The third-order valence-electron chi connectivity index (χ3n) is 1.69. The van der Waals surface area contributed by atoms with Gasteiger partial charge in [0.2, 0.25) is 0 Å². The van der Waals surface area contributed by atoms with E-state index in [1.54, 1.807) is 18.1 Å². The number of carbonyl (C=O) groups excluding carboxylic acids is 1. The van der Waals surface area contributed by atoms with Crippen molar-refractivity contribution in [3.05, 3.63) is 28.5 Å². The highest BCUT2D eigenvalue weighted by Gasteiger charge is 2.23. The first-order valence-electron chi connectivity index (χ1n) is 3.69. The average Bonchev–Trinajstić information content (AvgIpc) is 2.20. The number of allylic oxidation sites excluding steroid dienone is 2. The van der Waals surface area contributed by atoms with E-state index in [0.717, 1.165) is 0 Å². The van der Waals surface area contributed by atoms with Gasteiger partial charge >= 0.3 is 0 Å². The molecule has 1 atom stereocenters. The Morgan fingerprint density at radius 3 is 2.93 bits per heavy atom. The van der Waals surface area contributed by atoms with Crippen molar-refractivity contribution in [2.45, 2.75) is 6.04 Å². The quantitative estimate of drug-likeness (QED) is 0.411. The van der Waals surface area contributed by atoms with Crippen LogP contribution in [0.3, 0.4) is 0 Å². The van der Waals surface area contributed by atoms with Gasteiger partial charge in [-0.1, -0.05) is 17.7 Å². The van der Waals surface area contributed by atoms with Crippen LogP contribution in [0.4, 0.5) is 0 Å². The summed E-state index contributed by atoms with van der Waals surface area (Å²) in [5.74, 6) is 2.02. The lowest BCUT2D eigenvalue weighted by Gasteiger charge is -2.15. The fourth-order valence-electron chi connectivity index (χ4n) is 1.09. The molecule has 0 N–H and O–H groups in total. The first kappa shape index (κ1) is 10.9. The van der Waals surface area contributed by atoms with E-state index in [4.69, 9.17) is 16.3 Å². The Balaban J connectivity index is 3.21. The van der Waals surface area contributed by atoms with E-state index >= 15 is 0 Å². The molecular formula is C9H6ClNO2S. The number of aliphatic imine (C=N–C) groups is 1. The topological polar surface area (TPSA) is 38.7 Å². The second-order valence-electron chi connectivity index (χ2n) is 2.42.